The molecule has 0 aromatic carbocycles. The van der Waals surface area contributed by atoms with Crippen LogP contribution in [-0.4, -0.2) is 35.1 Å². The first kappa shape index (κ1) is 12.0. The third kappa shape index (κ3) is 2.51. The maximum Gasteiger partial charge on any atom is 0.138 e. The van der Waals surface area contributed by atoms with Crippen LogP contribution in [0.3, 0.4) is 0 Å². The van der Waals surface area contributed by atoms with Crippen molar-refractivity contribution in [1.82, 2.24) is 9.88 Å². The summed E-state index contributed by atoms with van der Waals surface area (Å²) in [4.78, 5) is 6.94. The maximum absolute atomic E-state index is 5.71. The standard InChI is InChI=1S/C15H22N2O/c1-11(2)18-15-7-13(8-16-9-15)6-14-5-12-3-4-17(14)10-12/h7-9,11-12,14H,3-6,10H2,1-2H3. The van der Waals surface area contributed by atoms with E-state index in [0.29, 0.717) is 0 Å². The Labute approximate surface area is 109 Å². The van der Waals surface area contributed by atoms with E-state index in [-0.39, 0.29) is 6.10 Å². The van der Waals surface area contributed by atoms with Gasteiger partial charge in [0.2, 0.25) is 0 Å². The zero-order valence-corrected chi connectivity index (χ0v) is 11.3. The largest absolute Gasteiger partial charge is 0.489 e. The van der Waals surface area contributed by atoms with Crippen LogP contribution in [-0.2, 0) is 6.42 Å². The lowest BCUT2D eigenvalue weighted by atomic mass is 9.96. The molecule has 0 amide bonds. The number of aromatic nitrogens is 1. The number of hydrogen-bond acceptors (Lipinski definition) is 3. The van der Waals surface area contributed by atoms with Gasteiger partial charge in [-0.1, -0.05) is 0 Å². The Kier molecular flexibility index (Phi) is 3.25. The van der Waals surface area contributed by atoms with Crippen molar-refractivity contribution in [3.05, 3.63) is 24.0 Å². The number of rotatable bonds is 4. The molecule has 0 spiro atoms. The third-order valence-corrected chi connectivity index (χ3v) is 4.05. The van der Waals surface area contributed by atoms with Gasteiger partial charge in [-0.15, -0.1) is 0 Å². The van der Waals surface area contributed by atoms with E-state index in [1.807, 2.05) is 26.2 Å². The molecule has 3 rings (SSSR count). The molecule has 3 unspecified atom stereocenters. The quantitative estimate of drug-likeness (QED) is 0.816. The normalized spacial score (nSPS) is 30.1. The molecule has 3 heteroatoms. The SMILES string of the molecule is CC(C)Oc1cncc(CC2CC3CCN2C3)c1. The lowest BCUT2D eigenvalue weighted by Crippen LogP contribution is -2.31. The maximum atomic E-state index is 5.71. The van der Waals surface area contributed by atoms with Gasteiger partial charge >= 0.3 is 0 Å². The number of pyridine rings is 1. The van der Waals surface area contributed by atoms with E-state index in [4.69, 9.17) is 4.74 Å². The van der Waals surface area contributed by atoms with Crippen LogP contribution in [0, 0.1) is 5.92 Å². The van der Waals surface area contributed by atoms with E-state index in [2.05, 4.69) is 16.0 Å². The Morgan fingerprint density at radius 2 is 2.33 bits per heavy atom. The first-order valence-electron chi connectivity index (χ1n) is 7.05. The third-order valence-electron chi connectivity index (χ3n) is 4.05. The molecule has 3 atom stereocenters. The fourth-order valence-electron chi connectivity index (χ4n) is 3.32. The molecular weight excluding hydrogens is 224 g/mol. The van der Waals surface area contributed by atoms with Crippen molar-refractivity contribution in [2.75, 3.05) is 13.1 Å². The van der Waals surface area contributed by atoms with Crippen molar-refractivity contribution in [1.29, 1.82) is 0 Å². The van der Waals surface area contributed by atoms with Crippen LogP contribution in [0.5, 0.6) is 5.75 Å². The van der Waals surface area contributed by atoms with Gasteiger partial charge in [0.05, 0.1) is 12.3 Å². The van der Waals surface area contributed by atoms with E-state index in [9.17, 15) is 0 Å². The van der Waals surface area contributed by atoms with Gasteiger partial charge in [-0.05, 0) is 57.2 Å². The fourth-order valence-corrected chi connectivity index (χ4v) is 3.32. The van der Waals surface area contributed by atoms with E-state index < -0.39 is 0 Å². The summed E-state index contributed by atoms with van der Waals surface area (Å²) >= 11 is 0. The molecule has 18 heavy (non-hydrogen) atoms. The van der Waals surface area contributed by atoms with Gasteiger partial charge in [0, 0.05) is 18.8 Å². The van der Waals surface area contributed by atoms with Gasteiger partial charge in [-0.3, -0.25) is 9.88 Å². The molecule has 0 aliphatic carbocycles. The Balaban J connectivity index is 1.65. The van der Waals surface area contributed by atoms with E-state index >= 15 is 0 Å². The molecule has 0 radical (unpaired) electrons. The van der Waals surface area contributed by atoms with Gasteiger partial charge in [0.1, 0.15) is 5.75 Å². The van der Waals surface area contributed by atoms with Crippen LogP contribution in [0.25, 0.3) is 0 Å². The minimum absolute atomic E-state index is 0.216. The second-order valence-electron chi connectivity index (χ2n) is 5.94. The lowest BCUT2D eigenvalue weighted by molar-refractivity contribution is 0.240. The lowest BCUT2D eigenvalue weighted by Gasteiger charge is -2.24. The highest BCUT2D eigenvalue weighted by molar-refractivity contribution is 5.24. The van der Waals surface area contributed by atoms with Gasteiger partial charge in [-0.25, -0.2) is 0 Å². The van der Waals surface area contributed by atoms with E-state index in [1.54, 1.807) is 0 Å². The topological polar surface area (TPSA) is 25.4 Å². The van der Waals surface area contributed by atoms with Crippen molar-refractivity contribution in [2.24, 2.45) is 5.92 Å². The zero-order valence-electron chi connectivity index (χ0n) is 11.3. The molecule has 3 nitrogen and oxygen atoms in total. The summed E-state index contributed by atoms with van der Waals surface area (Å²) in [6, 6.07) is 2.89. The van der Waals surface area contributed by atoms with Gasteiger partial charge in [0.25, 0.3) is 0 Å². The van der Waals surface area contributed by atoms with Crippen molar-refractivity contribution in [3.63, 3.8) is 0 Å². The van der Waals surface area contributed by atoms with Crippen LogP contribution in [0.1, 0.15) is 32.3 Å². The van der Waals surface area contributed by atoms with Gasteiger partial charge in [-0.2, -0.15) is 0 Å². The number of hydrogen-bond donors (Lipinski definition) is 0. The molecule has 2 saturated heterocycles. The highest BCUT2D eigenvalue weighted by Gasteiger charge is 2.37. The predicted molar refractivity (Wildman–Crippen MR) is 71.8 cm³/mol. The molecule has 2 fully saturated rings. The Morgan fingerprint density at radius 1 is 1.44 bits per heavy atom. The summed E-state index contributed by atoms with van der Waals surface area (Å²) in [6.45, 7) is 6.72. The van der Waals surface area contributed by atoms with Crippen molar-refractivity contribution >= 4 is 0 Å². The molecular formula is C15H22N2O. The number of piperidine rings is 1. The number of ether oxygens (including phenoxy) is 1. The second kappa shape index (κ2) is 4.88. The van der Waals surface area contributed by atoms with Crippen molar-refractivity contribution < 1.29 is 4.74 Å². The predicted octanol–water partition coefficient (Wildman–Crippen LogP) is 2.51. The highest BCUT2D eigenvalue weighted by atomic mass is 16.5. The van der Waals surface area contributed by atoms with Crippen LogP contribution in [0.4, 0.5) is 0 Å². The molecule has 2 aliphatic rings. The smallest absolute Gasteiger partial charge is 0.138 e. The Bertz CT molecular complexity index is 419. The van der Waals surface area contributed by atoms with E-state index in [1.165, 1.54) is 31.5 Å². The van der Waals surface area contributed by atoms with Crippen LogP contribution in [0.2, 0.25) is 0 Å². The minimum atomic E-state index is 0.216. The highest BCUT2D eigenvalue weighted by Crippen LogP contribution is 2.34. The number of fused-ring (bicyclic) bond motifs is 2. The summed E-state index contributed by atoms with van der Waals surface area (Å²) in [6.07, 6.45) is 7.91. The molecule has 3 heterocycles. The first-order valence-corrected chi connectivity index (χ1v) is 7.05. The van der Waals surface area contributed by atoms with Crippen molar-refractivity contribution in [3.8, 4) is 5.75 Å². The summed E-state index contributed by atoms with van der Waals surface area (Å²) in [5.74, 6) is 1.86. The average molecular weight is 246 g/mol. The van der Waals surface area contributed by atoms with Gasteiger partial charge in [0.15, 0.2) is 0 Å². The molecule has 0 N–H and O–H groups in total. The Morgan fingerprint density at radius 3 is 3.00 bits per heavy atom. The zero-order chi connectivity index (χ0) is 12.5. The summed E-state index contributed by atoms with van der Waals surface area (Å²) < 4.78 is 5.71. The van der Waals surface area contributed by atoms with Crippen LogP contribution in [0.15, 0.2) is 18.5 Å². The van der Waals surface area contributed by atoms with Gasteiger partial charge < -0.3 is 4.74 Å². The summed E-state index contributed by atoms with van der Waals surface area (Å²) in [5.41, 5.74) is 1.31. The molecule has 2 aliphatic heterocycles. The van der Waals surface area contributed by atoms with Crippen LogP contribution < -0.4 is 4.74 Å². The summed E-state index contributed by atoms with van der Waals surface area (Å²) in [5, 5.41) is 0. The molecule has 98 valence electrons. The fraction of sp³-hybridized carbons (Fsp3) is 0.667. The Hall–Kier alpha value is -1.09. The first-order chi connectivity index (χ1) is 8.70. The van der Waals surface area contributed by atoms with E-state index in [0.717, 1.165) is 24.1 Å². The average Bonchev–Trinajstić information content (AvgIpc) is 2.90. The molecule has 0 saturated carbocycles. The second-order valence-corrected chi connectivity index (χ2v) is 5.94. The molecule has 2 bridgehead atoms. The van der Waals surface area contributed by atoms with Crippen molar-refractivity contribution in [2.45, 2.75) is 45.3 Å². The molecule has 1 aromatic rings. The monoisotopic (exact) mass is 246 g/mol. The number of nitrogens with zero attached hydrogens (tertiary/aromatic N) is 2. The summed E-state index contributed by atoms with van der Waals surface area (Å²) in [7, 11) is 0. The van der Waals surface area contributed by atoms with Crippen LogP contribution >= 0.6 is 0 Å². The molecule has 1 aromatic heterocycles. The minimum Gasteiger partial charge on any atom is -0.489 e.